The number of nitrogens with zero attached hydrogens (tertiary/aromatic N) is 1. The summed E-state index contributed by atoms with van der Waals surface area (Å²) in [6.07, 6.45) is 3.10. The lowest BCUT2D eigenvalue weighted by atomic mass is 10.2. The highest BCUT2D eigenvalue weighted by atomic mass is 19.1. The number of carbonyl (C=O) groups is 1. The quantitative estimate of drug-likeness (QED) is 0.615. The van der Waals surface area contributed by atoms with Gasteiger partial charge in [-0.05, 0) is 29.8 Å². The molecule has 1 aromatic heterocycles. The predicted octanol–water partition coefficient (Wildman–Crippen LogP) is 1.92. The smallest absolute Gasteiger partial charge is 0.287 e. The zero-order valence-corrected chi connectivity index (χ0v) is 8.85. The molecule has 0 atom stereocenters. The molecule has 0 saturated heterocycles. The fourth-order valence-corrected chi connectivity index (χ4v) is 1.25. The minimum atomic E-state index is -0.326. The molecule has 86 valence electrons. The molecule has 0 unspecified atom stereocenters. The van der Waals surface area contributed by atoms with Gasteiger partial charge in [-0.3, -0.25) is 4.79 Å². The monoisotopic (exact) mass is 231 g/mol. The van der Waals surface area contributed by atoms with Gasteiger partial charge in [0.05, 0.1) is 6.21 Å². The molecule has 0 fully saturated rings. The van der Waals surface area contributed by atoms with Gasteiger partial charge in [-0.1, -0.05) is 12.1 Å². The van der Waals surface area contributed by atoms with Gasteiger partial charge in [-0.25, -0.2) is 9.82 Å². The third-order valence-electron chi connectivity index (χ3n) is 2.09. The number of amides is 1. The van der Waals surface area contributed by atoms with E-state index in [1.54, 1.807) is 30.5 Å². The number of aromatic nitrogens is 1. The molecule has 17 heavy (non-hydrogen) atoms. The molecule has 0 aliphatic carbocycles. The van der Waals surface area contributed by atoms with Crippen LogP contribution in [0.5, 0.6) is 0 Å². The average Bonchev–Trinajstić information content (AvgIpc) is 2.85. The summed E-state index contributed by atoms with van der Waals surface area (Å²) in [6.45, 7) is 0. The van der Waals surface area contributed by atoms with Crippen molar-refractivity contribution in [3.8, 4) is 0 Å². The summed E-state index contributed by atoms with van der Waals surface area (Å²) in [7, 11) is 0. The topological polar surface area (TPSA) is 57.2 Å². The fraction of sp³-hybridized carbons (Fsp3) is 0. The van der Waals surface area contributed by atoms with Crippen molar-refractivity contribution in [2.75, 3.05) is 0 Å². The Morgan fingerprint density at radius 1 is 1.29 bits per heavy atom. The maximum absolute atomic E-state index is 12.6. The van der Waals surface area contributed by atoms with Crippen molar-refractivity contribution >= 4 is 12.1 Å². The molecule has 0 aliphatic heterocycles. The molecule has 5 heteroatoms. The number of carbonyl (C=O) groups excluding carboxylic acids is 1. The van der Waals surface area contributed by atoms with Gasteiger partial charge in [0, 0.05) is 6.20 Å². The Hall–Kier alpha value is -2.43. The van der Waals surface area contributed by atoms with Crippen LogP contribution in [0.3, 0.4) is 0 Å². The molecule has 1 heterocycles. The van der Waals surface area contributed by atoms with Crippen molar-refractivity contribution < 1.29 is 9.18 Å². The lowest BCUT2D eigenvalue weighted by Gasteiger charge is -1.96. The van der Waals surface area contributed by atoms with E-state index in [0.717, 1.165) is 0 Å². The van der Waals surface area contributed by atoms with Crippen LogP contribution in [-0.4, -0.2) is 17.1 Å². The minimum Gasteiger partial charge on any atom is -0.357 e. The summed E-state index contributed by atoms with van der Waals surface area (Å²) in [5.74, 6) is -0.633. The van der Waals surface area contributed by atoms with Gasteiger partial charge in [0.25, 0.3) is 5.91 Å². The number of benzene rings is 1. The van der Waals surface area contributed by atoms with E-state index in [-0.39, 0.29) is 11.7 Å². The minimum absolute atomic E-state index is 0.308. The third-order valence-corrected chi connectivity index (χ3v) is 2.09. The van der Waals surface area contributed by atoms with E-state index in [0.29, 0.717) is 11.3 Å². The number of nitrogens with one attached hydrogen (secondary N) is 2. The second-order valence-electron chi connectivity index (χ2n) is 3.33. The van der Waals surface area contributed by atoms with Crippen LogP contribution in [0.4, 0.5) is 4.39 Å². The van der Waals surface area contributed by atoms with Crippen LogP contribution in [0.25, 0.3) is 0 Å². The molecule has 0 spiro atoms. The first-order chi connectivity index (χ1) is 8.25. The van der Waals surface area contributed by atoms with Crippen LogP contribution in [0, 0.1) is 5.82 Å². The lowest BCUT2D eigenvalue weighted by Crippen LogP contribution is -2.17. The lowest BCUT2D eigenvalue weighted by molar-refractivity contribution is 0.0951. The Bertz CT molecular complexity index is 517. The number of rotatable bonds is 3. The molecule has 1 amide bonds. The van der Waals surface area contributed by atoms with Crippen molar-refractivity contribution in [1.29, 1.82) is 0 Å². The Morgan fingerprint density at radius 2 is 2.06 bits per heavy atom. The van der Waals surface area contributed by atoms with E-state index in [1.807, 2.05) is 0 Å². The summed E-state index contributed by atoms with van der Waals surface area (Å²) in [4.78, 5) is 14.2. The number of hydrogen-bond donors (Lipinski definition) is 2. The molecule has 0 saturated carbocycles. The third kappa shape index (κ3) is 3.01. The summed E-state index contributed by atoms with van der Waals surface area (Å²) >= 11 is 0. The molecule has 2 rings (SSSR count). The SMILES string of the molecule is O=C(N/N=C\c1ccc(F)cc1)c1ccc[nH]1. The van der Waals surface area contributed by atoms with Crippen molar-refractivity contribution in [3.63, 3.8) is 0 Å². The van der Waals surface area contributed by atoms with Gasteiger partial charge in [-0.2, -0.15) is 5.10 Å². The van der Waals surface area contributed by atoms with Crippen molar-refractivity contribution in [3.05, 3.63) is 59.7 Å². The maximum Gasteiger partial charge on any atom is 0.287 e. The average molecular weight is 231 g/mol. The summed E-state index contributed by atoms with van der Waals surface area (Å²) in [6, 6.07) is 9.16. The van der Waals surface area contributed by atoms with Crippen LogP contribution in [0.1, 0.15) is 16.1 Å². The van der Waals surface area contributed by atoms with Crippen LogP contribution in [0.2, 0.25) is 0 Å². The highest BCUT2D eigenvalue weighted by Gasteiger charge is 2.02. The summed E-state index contributed by atoms with van der Waals surface area (Å²) in [5.41, 5.74) is 3.49. The molecular weight excluding hydrogens is 221 g/mol. The van der Waals surface area contributed by atoms with Crippen molar-refractivity contribution in [2.24, 2.45) is 5.10 Å². The number of aromatic amines is 1. The van der Waals surface area contributed by atoms with Crippen LogP contribution >= 0.6 is 0 Å². The van der Waals surface area contributed by atoms with E-state index < -0.39 is 0 Å². The van der Waals surface area contributed by atoms with Crippen molar-refractivity contribution in [2.45, 2.75) is 0 Å². The largest absolute Gasteiger partial charge is 0.357 e. The van der Waals surface area contributed by atoms with E-state index in [9.17, 15) is 9.18 Å². The molecule has 0 bridgehead atoms. The van der Waals surface area contributed by atoms with Crippen LogP contribution in [0.15, 0.2) is 47.7 Å². The van der Waals surface area contributed by atoms with Gasteiger partial charge < -0.3 is 4.98 Å². The van der Waals surface area contributed by atoms with Gasteiger partial charge in [-0.15, -0.1) is 0 Å². The van der Waals surface area contributed by atoms with Gasteiger partial charge >= 0.3 is 0 Å². The molecule has 4 nitrogen and oxygen atoms in total. The molecule has 2 aromatic rings. The Kier molecular flexibility index (Phi) is 3.30. The standard InChI is InChI=1S/C12H10FN3O/c13-10-5-3-9(4-6-10)8-15-16-12(17)11-2-1-7-14-11/h1-8,14H,(H,16,17)/b15-8-. The zero-order chi connectivity index (χ0) is 12.1. The van der Waals surface area contributed by atoms with E-state index in [2.05, 4.69) is 15.5 Å². The molecule has 0 radical (unpaired) electrons. The number of H-pyrrole nitrogens is 1. The zero-order valence-electron chi connectivity index (χ0n) is 8.85. The Labute approximate surface area is 97.2 Å². The summed E-state index contributed by atoms with van der Waals surface area (Å²) < 4.78 is 12.6. The first-order valence-electron chi connectivity index (χ1n) is 4.98. The van der Waals surface area contributed by atoms with E-state index >= 15 is 0 Å². The highest BCUT2D eigenvalue weighted by molar-refractivity contribution is 5.93. The van der Waals surface area contributed by atoms with E-state index in [4.69, 9.17) is 0 Å². The van der Waals surface area contributed by atoms with Gasteiger partial charge in [0.15, 0.2) is 0 Å². The number of halogens is 1. The first-order valence-corrected chi connectivity index (χ1v) is 4.98. The van der Waals surface area contributed by atoms with Crippen LogP contribution in [-0.2, 0) is 0 Å². The Balaban J connectivity index is 1.94. The van der Waals surface area contributed by atoms with Crippen LogP contribution < -0.4 is 5.43 Å². The summed E-state index contributed by atoms with van der Waals surface area (Å²) in [5, 5.41) is 3.76. The Morgan fingerprint density at radius 3 is 2.71 bits per heavy atom. The van der Waals surface area contributed by atoms with E-state index in [1.165, 1.54) is 18.3 Å². The molecular formula is C12H10FN3O. The number of hydrazone groups is 1. The molecule has 0 aliphatic rings. The second-order valence-corrected chi connectivity index (χ2v) is 3.33. The molecule has 1 aromatic carbocycles. The normalized spacial score (nSPS) is 10.6. The van der Waals surface area contributed by atoms with Crippen molar-refractivity contribution in [1.82, 2.24) is 10.4 Å². The van der Waals surface area contributed by atoms with Gasteiger partial charge in [0.2, 0.25) is 0 Å². The fourth-order valence-electron chi connectivity index (χ4n) is 1.25. The first kappa shape index (κ1) is 11.1. The second kappa shape index (κ2) is 5.07. The molecule has 2 N–H and O–H groups in total. The maximum atomic E-state index is 12.6. The highest BCUT2D eigenvalue weighted by Crippen LogP contribution is 1.99. The number of hydrogen-bond acceptors (Lipinski definition) is 2. The predicted molar refractivity (Wildman–Crippen MR) is 62.3 cm³/mol. The van der Waals surface area contributed by atoms with Gasteiger partial charge in [0.1, 0.15) is 11.5 Å².